The van der Waals surface area contributed by atoms with Crippen molar-refractivity contribution in [2.45, 2.75) is 69.6 Å². The Bertz CT molecular complexity index is 1600. The third kappa shape index (κ3) is 4.60. The lowest BCUT2D eigenvalue weighted by Gasteiger charge is -2.46. The number of aromatic hydroxyl groups is 1. The number of ketones is 2. The fourth-order valence-corrected chi connectivity index (χ4v) is 7.52. The van der Waals surface area contributed by atoms with Gasteiger partial charge in [0.1, 0.15) is 28.6 Å². The summed E-state index contributed by atoms with van der Waals surface area (Å²) in [5.74, 6) is -5.91. The fourth-order valence-electron chi connectivity index (χ4n) is 7.52. The highest BCUT2D eigenvalue weighted by Crippen LogP contribution is 2.53. The van der Waals surface area contributed by atoms with E-state index in [1.807, 2.05) is 18.2 Å². The highest BCUT2D eigenvalue weighted by atomic mass is 16.5. The normalized spacial score (nSPS) is 25.7. The second-order valence-electron chi connectivity index (χ2n) is 12.1. The molecule has 0 aromatic heterocycles. The van der Waals surface area contributed by atoms with Crippen molar-refractivity contribution in [3.8, 4) is 22.6 Å². The number of ether oxygens (including phenoxy) is 1. The summed E-state index contributed by atoms with van der Waals surface area (Å²) in [7, 11) is 1.57. The molecular formula is C33H36N2O8. The van der Waals surface area contributed by atoms with E-state index in [0.717, 1.165) is 24.0 Å². The number of methoxy groups -OCH3 is 1. The quantitative estimate of drug-likeness (QED) is 0.275. The smallest absolute Gasteiger partial charge is 0.255 e. The fraction of sp³-hybridized carbons (Fsp3) is 0.424. The molecule has 2 fully saturated rings. The summed E-state index contributed by atoms with van der Waals surface area (Å²) in [5, 5.41) is 48.3. The SMILES string of the molecule is COc1ccc(CNC2CCCCC2)cc1-c1ccc(O)c2c1CC1CC3CC(=O)C(C(N)=O)=C(O)C3(O)C(=O)C1=C2O. The van der Waals surface area contributed by atoms with Crippen LogP contribution in [-0.2, 0) is 27.3 Å². The molecule has 6 rings (SSSR count). The lowest BCUT2D eigenvalue weighted by atomic mass is 9.59. The molecule has 43 heavy (non-hydrogen) atoms. The van der Waals surface area contributed by atoms with Crippen LogP contribution < -0.4 is 15.8 Å². The maximum absolute atomic E-state index is 13.8. The average molecular weight is 589 g/mol. The first-order chi connectivity index (χ1) is 20.6. The Hall–Kier alpha value is -4.15. The van der Waals surface area contributed by atoms with E-state index in [9.17, 15) is 34.8 Å². The van der Waals surface area contributed by atoms with Crippen LogP contribution in [-0.4, -0.2) is 56.7 Å². The number of primary amides is 1. The molecule has 0 aliphatic heterocycles. The predicted molar refractivity (Wildman–Crippen MR) is 157 cm³/mol. The van der Waals surface area contributed by atoms with Crippen LogP contribution in [0.5, 0.6) is 11.5 Å². The van der Waals surface area contributed by atoms with Gasteiger partial charge < -0.3 is 36.2 Å². The number of aliphatic hydroxyl groups is 3. The van der Waals surface area contributed by atoms with Crippen LogP contribution >= 0.6 is 0 Å². The summed E-state index contributed by atoms with van der Waals surface area (Å²) < 4.78 is 5.71. The van der Waals surface area contributed by atoms with E-state index in [-0.39, 0.29) is 36.1 Å². The second kappa shape index (κ2) is 10.8. The van der Waals surface area contributed by atoms with E-state index in [1.54, 1.807) is 13.2 Å². The number of rotatable bonds is 6. The standard InChI is InChI=1S/C33H36N2O8/c1-43-25-10-7-16(15-35-19-5-3-2-4-6-19)11-21(25)20-8-9-23(36)27-22(20)13-17-12-18-14-24(37)28(32(34)41)31(40)33(18,42)30(39)26(17)29(27)38/h7-11,17-19,35-36,38,40,42H,2-6,12-15H2,1H3,(H2,34,41). The van der Waals surface area contributed by atoms with Crippen LogP contribution in [0.2, 0.25) is 0 Å². The van der Waals surface area contributed by atoms with Crippen molar-refractivity contribution in [3.05, 3.63) is 63.9 Å². The van der Waals surface area contributed by atoms with Crippen LogP contribution in [0.4, 0.5) is 0 Å². The molecule has 2 saturated carbocycles. The van der Waals surface area contributed by atoms with Gasteiger partial charge in [0.05, 0.1) is 12.7 Å². The molecule has 10 heteroatoms. The van der Waals surface area contributed by atoms with Gasteiger partial charge in [0.15, 0.2) is 11.4 Å². The molecule has 2 aromatic carbocycles. The van der Waals surface area contributed by atoms with Crippen LogP contribution in [0.1, 0.15) is 61.6 Å². The van der Waals surface area contributed by atoms with Gasteiger partial charge in [0, 0.05) is 36.1 Å². The number of carbonyl (C=O) groups is 3. The minimum absolute atomic E-state index is 0.0532. The number of nitrogens with one attached hydrogen (secondary N) is 1. The second-order valence-corrected chi connectivity index (χ2v) is 12.1. The number of fused-ring (bicyclic) bond motifs is 3. The average Bonchev–Trinajstić information content (AvgIpc) is 2.98. The summed E-state index contributed by atoms with van der Waals surface area (Å²) >= 11 is 0. The van der Waals surface area contributed by atoms with E-state index >= 15 is 0 Å². The van der Waals surface area contributed by atoms with Gasteiger partial charge in [0.2, 0.25) is 5.78 Å². The van der Waals surface area contributed by atoms with Gasteiger partial charge in [-0.05, 0) is 66.5 Å². The molecule has 10 nitrogen and oxygen atoms in total. The molecule has 0 spiro atoms. The maximum Gasteiger partial charge on any atom is 0.255 e. The van der Waals surface area contributed by atoms with Gasteiger partial charge in [0.25, 0.3) is 5.91 Å². The molecule has 4 aliphatic carbocycles. The first-order valence-corrected chi connectivity index (χ1v) is 14.8. The van der Waals surface area contributed by atoms with Crippen molar-refractivity contribution in [2.75, 3.05) is 7.11 Å². The number of amides is 1. The number of hydrogen-bond donors (Lipinski definition) is 6. The van der Waals surface area contributed by atoms with Crippen molar-refractivity contribution in [1.82, 2.24) is 5.32 Å². The summed E-state index contributed by atoms with van der Waals surface area (Å²) in [6, 6.07) is 9.58. The number of phenolic OH excluding ortho intramolecular Hbond substituents is 1. The van der Waals surface area contributed by atoms with E-state index in [4.69, 9.17) is 10.5 Å². The summed E-state index contributed by atoms with van der Waals surface area (Å²) in [6.07, 6.45) is 5.95. The summed E-state index contributed by atoms with van der Waals surface area (Å²) in [5.41, 5.74) is 4.87. The first kappa shape index (κ1) is 28.9. The predicted octanol–water partition coefficient (Wildman–Crippen LogP) is 3.52. The van der Waals surface area contributed by atoms with Crippen molar-refractivity contribution < 1.29 is 39.5 Å². The van der Waals surface area contributed by atoms with Gasteiger partial charge in [-0.15, -0.1) is 0 Å². The van der Waals surface area contributed by atoms with Crippen molar-refractivity contribution in [3.63, 3.8) is 0 Å². The lowest BCUT2D eigenvalue weighted by Crippen LogP contribution is -2.58. The molecule has 0 saturated heterocycles. The Morgan fingerprint density at radius 1 is 1.05 bits per heavy atom. The molecule has 4 aliphatic rings. The number of carbonyl (C=O) groups excluding carboxylic acids is 3. The van der Waals surface area contributed by atoms with Crippen LogP contribution in [0.3, 0.4) is 0 Å². The molecule has 7 N–H and O–H groups in total. The molecule has 3 atom stereocenters. The highest BCUT2D eigenvalue weighted by molar-refractivity contribution is 6.22. The summed E-state index contributed by atoms with van der Waals surface area (Å²) in [4.78, 5) is 38.3. The molecular weight excluding hydrogens is 552 g/mol. The zero-order valence-electron chi connectivity index (χ0n) is 24.0. The number of hydrogen-bond acceptors (Lipinski definition) is 9. The third-order valence-electron chi connectivity index (χ3n) is 9.70. The first-order valence-electron chi connectivity index (χ1n) is 14.8. The van der Waals surface area contributed by atoms with Crippen LogP contribution in [0, 0.1) is 11.8 Å². The zero-order valence-corrected chi connectivity index (χ0v) is 24.0. The Balaban J connectivity index is 1.43. The number of Topliss-reactive ketones (excluding diaryl/α,β-unsaturated/α-hetero) is 2. The Morgan fingerprint density at radius 3 is 2.49 bits per heavy atom. The third-order valence-corrected chi connectivity index (χ3v) is 9.70. The van der Waals surface area contributed by atoms with E-state index in [2.05, 4.69) is 5.32 Å². The molecule has 0 bridgehead atoms. The Morgan fingerprint density at radius 2 is 1.79 bits per heavy atom. The van der Waals surface area contributed by atoms with Gasteiger partial charge in [-0.1, -0.05) is 31.4 Å². The molecule has 0 radical (unpaired) electrons. The number of aliphatic hydroxyl groups excluding tert-OH is 2. The highest BCUT2D eigenvalue weighted by Gasteiger charge is 2.60. The molecule has 0 heterocycles. The lowest BCUT2D eigenvalue weighted by molar-refractivity contribution is -0.147. The van der Waals surface area contributed by atoms with Gasteiger partial charge >= 0.3 is 0 Å². The van der Waals surface area contributed by atoms with Gasteiger partial charge in [-0.25, -0.2) is 0 Å². The minimum Gasteiger partial charge on any atom is -0.508 e. The van der Waals surface area contributed by atoms with Crippen LogP contribution in [0.15, 0.2) is 47.2 Å². The van der Waals surface area contributed by atoms with E-state index < -0.39 is 52.0 Å². The number of benzene rings is 2. The Labute approximate surface area is 248 Å². The van der Waals surface area contributed by atoms with Crippen LogP contribution in [0.25, 0.3) is 16.9 Å². The molecule has 2 aromatic rings. The van der Waals surface area contributed by atoms with Gasteiger partial charge in [-0.2, -0.15) is 0 Å². The molecule has 3 unspecified atom stereocenters. The maximum atomic E-state index is 13.8. The monoisotopic (exact) mass is 588 g/mol. The minimum atomic E-state index is -2.59. The zero-order chi connectivity index (χ0) is 30.6. The van der Waals surface area contributed by atoms with Gasteiger partial charge in [-0.3, -0.25) is 14.4 Å². The van der Waals surface area contributed by atoms with Crippen molar-refractivity contribution in [1.29, 1.82) is 0 Å². The summed E-state index contributed by atoms with van der Waals surface area (Å²) in [6.45, 7) is 0.674. The largest absolute Gasteiger partial charge is 0.508 e. The van der Waals surface area contributed by atoms with E-state index in [1.165, 1.54) is 25.3 Å². The van der Waals surface area contributed by atoms with Crippen molar-refractivity contribution in [2.24, 2.45) is 17.6 Å². The topological polar surface area (TPSA) is 179 Å². The van der Waals surface area contributed by atoms with Crippen molar-refractivity contribution >= 4 is 23.2 Å². The number of nitrogens with two attached hydrogens (primary N) is 1. The van der Waals surface area contributed by atoms with E-state index in [0.29, 0.717) is 29.5 Å². The Kier molecular flexibility index (Phi) is 7.30. The number of phenols is 1. The molecule has 1 amide bonds. The molecule has 226 valence electrons.